The number of nitrogens with one attached hydrogen (secondary N) is 1. The second-order valence-electron chi connectivity index (χ2n) is 7.17. The van der Waals surface area contributed by atoms with Crippen molar-refractivity contribution >= 4 is 23.3 Å². The lowest BCUT2D eigenvalue weighted by Crippen LogP contribution is -2.06. The molecule has 2 heterocycles. The largest absolute Gasteiger partial charge is 0.355 e. The van der Waals surface area contributed by atoms with Crippen molar-refractivity contribution in [3.05, 3.63) is 58.7 Å². The highest BCUT2D eigenvalue weighted by atomic mass is 32.2. The van der Waals surface area contributed by atoms with Crippen LogP contribution in [0.2, 0.25) is 0 Å². The third-order valence-corrected chi connectivity index (χ3v) is 5.79. The third-order valence-electron chi connectivity index (χ3n) is 4.96. The Balaban J connectivity index is 1.54. The molecular weight excluding hydrogens is 372 g/mol. The lowest BCUT2D eigenvalue weighted by molar-refractivity contribution is 0.101. The SMILES string of the molecule is CC(=O)c1c(C)[nH]c(C(=O)CSc2nc(C3CC3)n(-c3ccccc3)n2)c1C. The van der Waals surface area contributed by atoms with Crippen LogP contribution in [0.25, 0.3) is 5.69 Å². The van der Waals surface area contributed by atoms with Gasteiger partial charge < -0.3 is 4.98 Å². The van der Waals surface area contributed by atoms with E-state index in [9.17, 15) is 9.59 Å². The maximum atomic E-state index is 12.7. The van der Waals surface area contributed by atoms with Crippen molar-refractivity contribution in [2.45, 2.75) is 44.7 Å². The molecule has 1 aliphatic carbocycles. The Morgan fingerprint density at radius 3 is 2.54 bits per heavy atom. The first-order chi connectivity index (χ1) is 13.5. The number of para-hydroxylation sites is 1. The molecule has 1 aromatic carbocycles. The number of benzene rings is 1. The first-order valence-corrected chi connectivity index (χ1v) is 10.3. The van der Waals surface area contributed by atoms with Gasteiger partial charge in [0.25, 0.3) is 0 Å². The van der Waals surface area contributed by atoms with Crippen LogP contribution in [0.5, 0.6) is 0 Å². The lowest BCUT2D eigenvalue weighted by Gasteiger charge is -2.03. The molecule has 0 amide bonds. The Morgan fingerprint density at radius 2 is 1.93 bits per heavy atom. The van der Waals surface area contributed by atoms with Crippen LogP contribution in [0.3, 0.4) is 0 Å². The number of Topliss-reactive ketones (excluding diaryl/α,β-unsaturated/α-hetero) is 2. The fraction of sp³-hybridized carbons (Fsp3) is 0.333. The number of aromatic amines is 1. The summed E-state index contributed by atoms with van der Waals surface area (Å²) in [5.74, 6) is 1.55. The van der Waals surface area contributed by atoms with Crippen LogP contribution in [0.1, 0.15) is 63.6 Å². The van der Waals surface area contributed by atoms with E-state index >= 15 is 0 Å². The fourth-order valence-corrected chi connectivity index (χ4v) is 4.19. The van der Waals surface area contributed by atoms with Gasteiger partial charge in [0.2, 0.25) is 5.16 Å². The average Bonchev–Trinajstić information content (AvgIpc) is 3.36. The van der Waals surface area contributed by atoms with Crippen molar-refractivity contribution in [2.75, 3.05) is 5.75 Å². The highest BCUT2D eigenvalue weighted by Gasteiger charge is 2.30. The molecule has 1 saturated carbocycles. The first-order valence-electron chi connectivity index (χ1n) is 9.34. The number of rotatable bonds is 7. The zero-order valence-corrected chi connectivity index (χ0v) is 17.0. The second kappa shape index (κ2) is 7.39. The quantitative estimate of drug-likeness (QED) is 0.478. The number of hydrogen-bond donors (Lipinski definition) is 1. The van der Waals surface area contributed by atoms with Gasteiger partial charge in [-0.1, -0.05) is 30.0 Å². The molecule has 0 unspecified atom stereocenters. The van der Waals surface area contributed by atoms with E-state index in [1.807, 2.05) is 48.9 Å². The molecule has 0 saturated heterocycles. The molecule has 2 aromatic heterocycles. The van der Waals surface area contributed by atoms with E-state index in [4.69, 9.17) is 0 Å². The van der Waals surface area contributed by atoms with Gasteiger partial charge in [0, 0.05) is 17.2 Å². The zero-order chi connectivity index (χ0) is 19.8. The summed E-state index contributed by atoms with van der Waals surface area (Å²) in [4.78, 5) is 32.3. The van der Waals surface area contributed by atoms with Crippen molar-refractivity contribution in [3.63, 3.8) is 0 Å². The Labute approximate surface area is 167 Å². The fourth-order valence-electron chi connectivity index (χ4n) is 3.49. The van der Waals surface area contributed by atoms with Gasteiger partial charge in [0.15, 0.2) is 11.6 Å². The molecule has 144 valence electrons. The number of carbonyl (C=O) groups is 2. The number of aromatic nitrogens is 4. The molecule has 6 nitrogen and oxygen atoms in total. The molecule has 28 heavy (non-hydrogen) atoms. The minimum atomic E-state index is -0.0536. The van der Waals surface area contributed by atoms with Gasteiger partial charge in [0.05, 0.1) is 17.1 Å². The standard InChI is InChI=1S/C21H22N4O2S/c1-12-18(14(3)26)13(2)22-19(12)17(27)11-28-21-23-20(15-9-10-15)25(24-21)16-7-5-4-6-8-16/h4-8,15,22H,9-11H2,1-3H3. The summed E-state index contributed by atoms with van der Waals surface area (Å²) in [5, 5.41) is 5.24. The Bertz CT molecular complexity index is 1050. The highest BCUT2D eigenvalue weighted by molar-refractivity contribution is 7.99. The number of carbonyl (C=O) groups excluding carboxylic acids is 2. The first kappa shape index (κ1) is 18.7. The molecule has 0 bridgehead atoms. The Kier molecular flexibility index (Phi) is 4.93. The van der Waals surface area contributed by atoms with Crippen LogP contribution < -0.4 is 0 Å². The zero-order valence-electron chi connectivity index (χ0n) is 16.2. The van der Waals surface area contributed by atoms with Crippen LogP contribution in [-0.2, 0) is 0 Å². The molecule has 0 spiro atoms. The van der Waals surface area contributed by atoms with E-state index in [0.717, 1.165) is 35.6 Å². The number of ketones is 2. The average molecular weight is 395 g/mol. The Morgan fingerprint density at radius 1 is 1.21 bits per heavy atom. The molecular formula is C21H22N4O2S. The number of hydrogen-bond acceptors (Lipinski definition) is 5. The van der Waals surface area contributed by atoms with Crippen LogP contribution in [0.15, 0.2) is 35.5 Å². The van der Waals surface area contributed by atoms with Gasteiger partial charge in [-0.05, 0) is 51.3 Å². The molecule has 0 aliphatic heterocycles. The number of aryl methyl sites for hydroxylation is 1. The monoisotopic (exact) mass is 394 g/mol. The van der Waals surface area contributed by atoms with Crippen molar-refractivity contribution in [3.8, 4) is 5.69 Å². The highest BCUT2D eigenvalue weighted by Crippen LogP contribution is 2.40. The van der Waals surface area contributed by atoms with Crippen molar-refractivity contribution in [2.24, 2.45) is 0 Å². The van der Waals surface area contributed by atoms with Crippen LogP contribution in [0.4, 0.5) is 0 Å². The van der Waals surface area contributed by atoms with E-state index in [-0.39, 0.29) is 17.3 Å². The topological polar surface area (TPSA) is 80.6 Å². The second-order valence-corrected chi connectivity index (χ2v) is 8.11. The van der Waals surface area contributed by atoms with Crippen LogP contribution in [-0.4, -0.2) is 37.1 Å². The molecule has 1 aliphatic rings. The van der Waals surface area contributed by atoms with Crippen molar-refractivity contribution < 1.29 is 9.59 Å². The van der Waals surface area contributed by atoms with Crippen LogP contribution >= 0.6 is 11.8 Å². The molecule has 1 fully saturated rings. The smallest absolute Gasteiger partial charge is 0.209 e. The molecule has 0 radical (unpaired) electrons. The minimum absolute atomic E-state index is 0.0321. The predicted octanol–water partition coefficient (Wildman–Crippen LogP) is 4.27. The predicted molar refractivity (Wildman–Crippen MR) is 109 cm³/mol. The summed E-state index contributed by atoms with van der Waals surface area (Å²) < 4.78 is 1.89. The van der Waals surface area contributed by atoms with E-state index < -0.39 is 0 Å². The van der Waals surface area contributed by atoms with Gasteiger partial charge in [-0.25, -0.2) is 9.67 Å². The summed E-state index contributed by atoms with van der Waals surface area (Å²) in [6.07, 6.45) is 2.26. The van der Waals surface area contributed by atoms with Gasteiger partial charge in [-0.3, -0.25) is 9.59 Å². The van der Waals surface area contributed by atoms with Crippen molar-refractivity contribution in [1.29, 1.82) is 0 Å². The minimum Gasteiger partial charge on any atom is -0.355 e. The molecule has 4 rings (SSSR count). The van der Waals surface area contributed by atoms with Gasteiger partial charge in [-0.2, -0.15) is 0 Å². The lowest BCUT2D eigenvalue weighted by atomic mass is 10.1. The summed E-state index contributed by atoms with van der Waals surface area (Å²) >= 11 is 1.33. The number of thioether (sulfide) groups is 1. The summed E-state index contributed by atoms with van der Waals surface area (Å²) in [7, 11) is 0. The van der Waals surface area contributed by atoms with Crippen molar-refractivity contribution in [1.82, 2.24) is 19.7 Å². The summed E-state index contributed by atoms with van der Waals surface area (Å²) in [6.45, 7) is 5.15. The van der Waals surface area contributed by atoms with E-state index in [1.54, 1.807) is 0 Å². The van der Waals surface area contributed by atoms with Gasteiger partial charge in [0.1, 0.15) is 5.82 Å². The van der Waals surface area contributed by atoms with Crippen LogP contribution in [0, 0.1) is 13.8 Å². The number of nitrogens with zero attached hydrogens (tertiary/aromatic N) is 3. The Hall–Kier alpha value is -2.67. The van der Waals surface area contributed by atoms with E-state index in [2.05, 4.69) is 15.1 Å². The maximum Gasteiger partial charge on any atom is 0.209 e. The normalized spacial score (nSPS) is 13.7. The van der Waals surface area contributed by atoms with Gasteiger partial charge in [-0.15, -0.1) is 5.10 Å². The molecule has 0 atom stereocenters. The molecule has 1 N–H and O–H groups in total. The third kappa shape index (κ3) is 3.54. The number of H-pyrrole nitrogens is 1. The van der Waals surface area contributed by atoms with E-state index in [0.29, 0.717) is 22.3 Å². The summed E-state index contributed by atoms with van der Waals surface area (Å²) in [6, 6.07) is 9.95. The van der Waals surface area contributed by atoms with E-state index in [1.165, 1.54) is 18.7 Å². The molecule has 7 heteroatoms. The summed E-state index contributed by atoms with van der Waals surface area (Å²) in [5.41, 5.74) is 3.55. The molecule has 3 aromatic rings. The maximum absolute atomic E-state index is 12.7. The van der Waals surface area contributed by atoms with Gasteiger partial charge >= 0.3 is 0 Å².